The van der Waals surface area contributed by atoms with Gasteiger partial charge in [-0.1, -0.05) is 0 Å². The zero-order valence-corrected chi connectivity index (χ0v) is 11.5. The first-order valence-corrected chi connectivity index (χ1v) is 4.12. The van der Waals surface area contributed by atoms with Gasteiger partial charge < -0.3 is 19.6 Å². The number of nitrogens with zero attached hydrogens (tertiary/aromatic N) is 1. The SMILES string of the molecule is CC(=O)N(C)C.O=P([O-])(O)O.[K+]. The van der Waals surface area contributed by atoms with E-state index in [1.807, 2.05) is 0 Å². The molecule has 2 N–H and O–H groups in total. The Morgan fingerprint density at radius 2 is 1.50 bits per heavy atom. The third kappa shape index (κ3) is 43.0. The Kier molecular flexibility index (Phi) is 13.9. The molecule has 8 heteroatoms. The van der Waals surface area contributed by atoms with Gasteiger partial charge in [-0.05, 0) is 0 Å². The standard InChI is InChI=1S/C4H9NO.K.H3O4P/c1-4(6)5(2)3;;1-5(2,3)4/h1-3H3;;(H3,1,2,3,4)/q;+1;/p-1. The van der Waals surface area contributed by atoms with E-state index in [9.17, 15) is 4.79 Å². The molecular formula is C4H11KNO5P. The smallest absolute Gasteiger partial charge is 0.756 e. The summed E-state index contributed by atoms with van der Waals surface area (Å²) in [6.07, 6.45) is 0. The van der Waals surface area contributed by atoms with E-state index >= 15 is 0 Å². The molecule has 0 aromatic carbocycles. The molecular weight excluding hydrogens is 212 g/mol. The predicted molar refractivity (Wildman–Crippen MR) is 36.4 cm³/mol. The average Bonchev–Trinajstić information content (AvgIpc) is 1.59. The molecule has 0 spiro atoms. The van der Waals surface area contributed by atoms with Crippen molar-refractivity contribution >= 4 is 13.7 Å². The van der Waals surface area contributed by atoms with Crippen molar-refractivity contribution in [2.75, 3.05) is 14.1 Å². The van der Waals surface area contributed by atoms with Gasteiger partial charge in [0.2, 0.25) is 5.91 Å². The summed E-state index contributed by atoms with van der Waals surface area (Å²) in [6, 6.07) is 0. The van der Waals surface area contributed by atoms with Gasteiger partial charge in [-0.2, -0.15) is 0 Å². The van der Waals surface area contributed by atoms with Crippen molar-refractivity contribution in [3.8, 4) is 0 Å². The zero-order chi connectivity index (χ0) is 9.65. The molecule has 6 nitrogen and oxygen atoms in total. The quantitative estimate of drug-likeness (QED) is 0.318. The van der Waals surface area contributed by atoms with E-state index in [4.69, 9.17) is 19.2 Å². The van der Waals surface area contributed by atoms with Crippen LogP contribution in [0.2, 0.25) is 0 Å². The Morgan fingerprint density at radius 3 is 1.50 bits per heavy atom. The predicted octanol–water partition coefficient (Wildman–Crippen LogP) is -4.46. The molecule has 0 rings (SSSR count). The molecule has 1 amide bonds. The van der Waals surface area contributed by atoms with Gasteiger partial charge >= 0.3 is 51.4 Å². The first-order chi connectivity index (χ1) is 4.64. The van der Waals surface area contributed by atoms with E-state index in [2.05, 4.69) is 0 Å². The van der Waals surface area contributed by atoms with Crippen LogP contribution in [0.3, 0.4) is 0 Å². The second-order valence-electron chi connectivity index (χ2n) is 1.90. The molecule has 0 aromatic heterocycles. The Bertz CT molecular complexity index is 159. The van der Waals surface area contributed by atoms with Crippen LogP contribution in [0.15, 0.2) is 0 Å². The summed E-state index contributed by atoms with van der Waals surface area (Å²) in [5.41, 5.74) is 0. The molecule has 0 atom stereocenters. The Balaban J connectivity index is -0.000000126. The summed E-state index contributed by atoms with van der Waals surface area (Å²) in [6.45, 7) is 1.53. The average molecular weight is 223 g/mol. The van der Waals surface area contributed by atoms with E-state index in [0.29, 0.717) is 0 Å². The maximum Gasteiger partial charge on any atom is 1.00 e. The molecule has 0 aliphatic carbocycles. The second kappa shape index (κ2) is 8.80. The summed E-state index contributed by atoms with van der Waals surface area (Å²) in [4.78, 5) is 34.5. The summed E-state index contributed by atoms with van der Waals surface area (Å²) in [5.74, 6) is 0.0926. The normalized spacial score (nSPS) is 8.83. The number of amides is 1. The van der Waals surface area contributed by atoms with E-state index < -0.39 is 7.82 Å². The van der Waals surface area contributed by atoms with Crippen molar-refractivity contribution in [1.29, 1.82) is 0 Å². The number of carbonyl (C=O) groups is 1. The van der Waals surface area contributed by atoms with Crippen LogP contribution >= 0.6 is 7.82 Å². The van der Waals surface area contributed by atoms with Gasteiger partial charge in [0.25, 0.3) is 7.82 Å². The fourth-order valence-electron chi connectivity index (χ4n) is 0. The number of rotatable bonds is 0. The fraction of sp³-hybridized carbons (Fsp3) is 0.750. The molecule has 0 heterocycles. The molecule has 0 radical (unpaired) electrons. The Hall–Kier alpha value is 1.22. The van der Waals surface area contributed by atoms with Gasteiger partial charge in [-0.3, -0.25) is 9.36 Å². The molecule has 0 unspecified atom stereocenters. The van der Waals surface area contributed by atoms with Crippen molar-refractivity contribution < 1.29 is 75.4 Å². The van der Waals surface area contributed by atoms with Gasteiger partial charge in [0.15, 0.2) is 0 Å². The van der Waals surface area contributed by atoms with E-state index in [1.165, 1.54) is 11.8 Å². The molecule has 0 aliphatic rings. The van der Waals surface area contributed by atoms with Crippen LogP contribution in [0.5, 0.6) is 0 Å². The summed E-state index contributed by atoms with van der Waals surface area (Å²) in [7, 11) is -1.44. The van der Waals surface area contributed by atoms with Gasteiger partial charge in [0.05, 0.1) is 0 Å². The van der Waals surface area contributed by atoms with E-state index in [0.717, 1.165) is 0 Å². The number of hydrogen-bond donors (Lipinski definition) is 2. The van der Waals surface area contributed by atoms with E-state index in [1.54, 1.807) is 14.1 Å². The topological polar surface area (TPSA) is 101 Å². The minimum absolute atomic E-state index is 0. The van der Waals surface area contributed by atoms with Gasteiger partial charge in [0, 0.05) is 21.0 Å². The fourth-order valence-corrected chi connectivity index (χ4v) is 0. The molecule has 0 saturated heterocycles. The molecule has 0 saturated carbocycles. The summed E-state index contributed by atoms with van der Waals surface area (Å²) in [5, 5.41) is 0. The Morgan fingerprint density at radius 1 is 1.42 bits per heavy atom. The van der Waals surface area contributed by atoms with E-state index in [-0.39, 0.29) is 57.3 Å². The Labute approximate surface area is 114 Å². The van der Waals surface area contributed by atoms with Crippen molar-refractivity contribution in [3.63, 3.8) is 0 Å². The summed E-state index contributed by atoms with van der Waals surface area (Å²) >= 11 is 0. The van der Waals surface area contributed by atoms with Crippen molar-refractivity contribution in [2.45, 2.75) is 6.92 Å². The first-order valence-electron chi connectivity index (χ1n) is 2.59. The van der Waals surface area contributed by atoms with Crippen LogP contribution in [-0.4, -0.2) is 34.7 Å². The van der Waals surface area contributed by atoms with Crippen molar-refractivity contribution in [3.05, 3.63) is 0 Å². The van der Waals surface area contributed by atoms with Gasteiger partial charge in [-0.25, -0.2) is 0 Å². The van der Waals surface area contributed by atoms with Crippen LogP contribution in [-0.2, 0) is 9.36 Å². The number of hydrogen-bond acceptors (Lipinski definition) is 3. The number of phosphoric acid groups is 1. The molecule has 0 fully saturated rings. The van der Waals surface area contributed by atoms with Gasteiger partial charge in [0.1, 0.15) is 0 Å². The van der Waals surface area contributed by atoms with Crippen LogP contribution in [0, 0.1) is 0 Å². The number of carbonyl (C=O) groups excluding carboxylic acids is 1. The molecule has 68 valence electrons. The first kappa shape index (κ1) is 18.9. The zero-order valence-electron chi connectivity index (χ0n) is 7.51. The van der Waals surface area contributed by atoms with Gasteiger partial charge in [-0.15, -0.1) is 0 Å². The molecule has 0 aliphatic heterocycles. The van der Waals surface area contributed by atoms with Crippen LogP contribution in [0.4, 0.5) is 0 Å². The minimum Gasteiger partial charge on any atom is -0.756 e. The third-order valence-electron chi connectivity index (χ3n) is 0.630. The van der Waals surface area contributed by atoms with Crippen LogP contribution in [0.1, 0.15) is 6.92 Å². The molecule has 12 heavy (non-hydrogen) atoms. The van der Waals surface area contributed by atoms with Crippen molar-refractivity contribution in [1.82, 2.24) is 4.90 Å². The largest absolute Gasteiger partial charge is 1.00 e. The molecule has 0 aromatic rings. The third-order valence-corrected chi connectivity index (χ3v) is 0.630. The van der Waals surface area contributed by atoms with Crippen LogP contribution < -0.4 is 56.3 Å². The minimum atomic E-state index is -4.89. The monoisotopic (exact) mass is 223 g/mol. The van der Waals surface area contributed by atoms with Crippen LogP contribution in [0.25, 0.3) is 0 Å². The summed E-state index contributed by atoms with van der Waals surface area (Å²) < 4.78 is 8.77. The maximum atomic E-state index is 10.1. The second-order valence-corrected chi connectivity index (χ2v) is 2.89. The van der Waals surface area contributed by atoms with Crippen molar-refractivity contribution in [2.24, 2.45) is 0 Å². The maximum absolute atomic E-state index is 10.1. The molecule has 0 bridgehead atoms.